The summed E-state index contributed by atoms with van der Waals surface area (Å²) in [5.74, 6) is 0.325. The van der Waals surface area contributed by atoms with Gasteiger partial charge in [-0.2, -0.15) is 13.2 Å². The van der Waals surface area contributed by atoms with Crippen molar-refractivity contribution >= 4 is 28.3 Å². The molecule has 0 spiro atoms. The van der Waals surface area contributed by atoms with Gasteiger partial charge in [0.1, 0.15) is 11.9 Å². The van der Waals surface area contributed by atoms with Crippen molar-refractivity contribution in [3.63, 3.8) is 0 Å². The van der Waals surface area contributed by atoms with Crippen LogP contribution in [0.2, 0.25) is 0 Å². The van der Waals surface area contributed by atoms with Gasteiger partial charge in [0, 0.05) is 16.9 Å². The van der Waals surface area contributed by atoms with Crippen LogP contribution >= 0.6 is 11.8 Å². The molecule has 1 nitrogen and oxygen atoms in total. The summed E-state index contributed by atoms with van der Waals surface area (Å²) in [5.41, 5.74) is -2.78. The Hall–Kier alpha value is -2.40. The van der Waals surface area contributed by atoms with Crippen LogP contribution in [0.5, 0.6) is 0 Å². The summed E-state index contributed by atoms with van der Waals surface area (Å²) < 4.78 is 45.0. The molecule has 1 unspecified atom stereocenters. The fraction of sp³-hybridized carbons (Fsp3) is 0.143. The molecular formula is C21H15F3OS. The maximum atomic E-state index is 13.0. The van der Waals surface area contributed by atoms with Crippen LogP contribution in [0.25, 0.3) is 16.5 Å². The van der Waals surface area contributed by atoms with Gasteiger partial charge in [0.25, 0.3) is 0 Å². The normalized spacial score (nSPS) is 17.6. The van der Waals surface area contributed by atoms with Crippen LogP contribution in [0.15, 0.2) is 77.7 Å². The lowest BCUT2D eigenvalue weighted by Gasteiger charge is -2.14. The van der Waals surface area contributed by atoms with Gasteiger partial charge in [-0.3, -0.25) is 0 Å². The predicted octanol–water partition coefficient (Wildman–Crippen LogP) is 6.92. The molecule has 3 aromatic rings. The first-order valence-electron chi connectivity index (χ1n) is 8.19. The standard InChI is InChI=1S/C21H15F3OS/c22-21(23,24)26-19-13-18(25-20(19)15-7-2-1-3-8-15)17-11-10-14-6-4-5-9-16(14)12-17/h1-12,18H,13H2. The largest absolute Gasteiger partial charge is 0.484 e. The van der Waals surface area contributed by atoms with Crippen LogP contribution in [0.1, 0.15) is 23.7 Å². The Labute approximate surface area is 153 Å². The van der Waals surface area contributed by atoms with Crippen LogP contribution in [0.4, 0.5) is 13.2 Å². The Morgan fingerprint density at radius 3 is 2.27 bits per heavy atom. The van der Waals surface area contributed by atoms with Crippen molar-refractivity contribution in [3.8, 4) is 0 Å². The monoisotopic (exact) mass is 372 g/mol. The lowest BCUT2D eigenvalue weighted by Crippen LogP contribution is -2.01. The molecule has 3 aromatic carbocycles. The smallest absolute Gasteiger partial charge is 0.446 e. The molecule has 0 N–H and O–H groups in total. The van der Waals surface area contributed by atoms with Gasteiger partial charge < -0.3 is 4.74 Å². The van der Waals surface area contributed by atoms with Gasteiger partial charge in [-0.25, -0.2) is 0 Å². The molecule has 1 heterocycles. The highest BCUT2D eigenvalue weighted by molar-refractivity contribution is 8.04. The number of fused-ring (bicyclic) bond motifs is 1. The zero-order valence-electron chi connectivity index (χ0n) is 13.7. The average Bonchev–Trinajstić information content (AvgIpc) is 3.04. The van der Waals surface area contributed by atoms with Crippen LogP contribution < -0.4 is 0 Å². The van der Waals surface area contributed by atoms with Gasteiger partial charge in [0.15, 0.2) is 0 Å². The molecule has 1 aliphatic rings. The van der Waals surface area contributed by atoms with E-state index in [9.17, 15) is 13.2 Å². The number of ether oxygens (including phenoxy) is 1. The predicted molar refractivity (Wildman–Crippen MR) is 99.4 cm³/mol. The Kier molecular flexibility index (Phi) is 4.41. The fourth-order valence-electron chi connectivity index (χ4n) is 3.15. The molecule has 0 radical (unpaired) electrons. The fourth-order valence-corrected chi connectivity index (χ4v) is 3.92. The van der Waals surface area contributed by atoms with E-state index in [1.165, 1.54) is 0 Å². The number of rotatable bonds is 3. The first kappa shape index (κ1) is 17.0. The topological polar surface area (TPSA) is 9.23 Å². The lowest BCUT2D eigenvalue weighted by molar-refractivity contribution is -0.0322. The van der Waals surface area contributed by atoms with Crippen molar-refractivity contribution in [3.05, 3.63) is 88.8 Å². The van der Waals surface area contributed by atoms with E-state index in [4.69, 9.17) is 4.74 Å². The van der Waals surface area contributed by atoms with Crippen molar-refractivity contribution in [1.82, 2.24) is 0 Å². The molecule has 0 aromatic heterocycles. The van der Waals surface area contributed by atoms with Crippen LogP contribution in [-0.2, 0) is 4.74 Å². The molecule has 132 valence electrons. The summed E-state index contributed by atoms with van der Waals surface area (Å²) in [6, 6.07) is 22.8. The second kappa shape index (κ2) is 6.72. The van der Waals surface area contributed by atoms with Gasteiger partial charge >= 0.3 is 5.51 Å². The number of halogens is 3. The maximum Gasteiger partial charge on any atom is 0.446 e. The van der Waals surface area contributed by atoms with E-state index in [1.807, 2.05) is 48.5 Å². The molecule has 4 rings (SSSR count). The summed E-state index contributed by atoms with van der Waals surface area (Å²) in [5, 5.41) is 2.14. The second-order valence-electron chi connectivity index (χ2n) is 6.08. The van der Waals surface area contributed by atoms with E-state index in [-0.39, 0.29) is 23.1 Å². The highest BCUT2D eigenvalue weighted by atomic mass is 32.2. The number of alkyl halides is 3. The third-order valence-corrected chi connectivity index (χ3v) is 5.13. The van der Waals surface area contributed by atoms with Gasteiger partial charge in [-0.15, -0.1) is 0 Å². The van der Waals surface area contributed by atoms with Crippen LogP contribution in [0.3, 0.4) is 0 Å². The summed E-state index contributed by atoms with van der Waals surface area (Å²) in [6.07, 6.45) is -0.202. The average molecular weight is 372 g/mol. The Bertz CT molecular complexity index is 964. The molecule has 0 bridgehead atoms. The van der Waals surface area contributed by atoms with Crippen molar-refractivity contribution < 1.29 is 17.9 Å². The van der Waals surface area contributed by atoms with Crippen LogP contribution in [0, 0.1) is 0 Å². The zero-order valence-corrected chi connectivity index (χ0v) is 14.5. The number of benzene rings is 3. The molecule has 26 heavy (non-hydrogen) atoms. The second-order valence-corrected chi connectivity index (χ2v) is 7.24. The zero-order chi connectivity index (χ0) is 18.1. The van der Waals surface area contributed by atoms with E-state index in [0.717, 1.165) is 16.3 Å². The summed E-state index contributed by atoms with van der Waals surface area (Å²) in [4.78, 5) is 0.224. The van der Waals surface area contributed by atoms with E-state index in [1.54, 1.807) is 24.3 Å². The number of thioether (sulfide) groups is 1. The summed E-state index contributed by atoms with van der Waals surface area (Å²) in [6.45, 7) is 0. The van der Waals surface area contributed by atoms with Crippen LogP contribution in [-0.4, -0.2) is 5.51 Å². The molecule has 0 aliphatic carbocycles. The van der Waals surface area contributed by atoms with Gasteiger partial charge in [-0.05, 0) is 34.2 Å². The molecular weight excluding hydrogens is 357 g/mol. The third kappa shape index (κ3) is 3.58. The van der Waals surface area contributed by atoms with Gasteiger partial charge in [0.05, 0.1) is 0 Å². The molecule has 1 atom stereocenters. The minimum absolute atomic E-state index is 0.0760. The van der Waals surface area contributed by atoms with E-state index in [0.29, 0.717) is 11.3 Å². The molecule has 5 heteroatoms. The third-order valence-electron chi connectivity index (χ3n) is 4.30. The van der Waals surface area contributed by atoms with Crippen molar-refractivity contribution in [2.45, 2.75) is 18.0 Å². The van der Waals surface area contributed by atoms with Crippen molar-refractivity contribution in [2.24, 2.45) is 0 Å². The maximum absolute atomic E-state index is 13.0. The van der Waals surface area contributed by atoms with Crippen molar-refractivity contribution in [2.75, 3.05) is 0 Å². The van der Waals surface area contributed by atoms with E-state index >= 15 is 0 Å². The highest BCUT2D eigenvalue weighted by Gasteiger charge is 2.37. The van der Waals surface area contributed by atoms with Gasteiger partial charge in [0.2, 0.25) is 0 Å². The Balaban J connectivity index is 1.68. The lowest BCUT2D eigenvalue weighted by atomic mass is 10.0. The van der Waals surface area contributed by atoms with E-state index in [2.05, 4.69) is 0 Å². The highest BCUT2D eigenvalue weighted by Crippen LogP contribution is 2.50. The summed E-state index contributed by atoms with van der Waals surface area (Å²) >= 11 is -0.0760. The minimum Gasteiger partial charge on any atom is -0.484 e. The molecule has 0 amide bonds. The Morgan fingerprint density at radius 1 is 0.846 bits per heavy atom. The first-order valence-corrected chi connectivity index (χ1v) is 9.01. The SMILES string of the molecule is FC(F)(F)SC1=C(c2ccccc2)OC(c2ccc3ccccc3c2)C1. The van der Waals surface area contributed by atoms with Gasteiger partial charge in [-0.1, -0.05) is 66.7 Å². The number of hydrogen-bond donors (Lipinski definition) is 0. The molecule has 1 aliphatic heterocycles. The molecule has 0 saturated carbocycles. The quantitative estimate of drug-likeness (QED) is 0.493. The van der Waals surface area contributed by atoms with E-state index < -0.39 is 11.6 Å². The summed E-state index contributed by atoms with van der Waals surface area (Å²) in [7, 11) is 0. The molecule has 0 fully saturated rings. The number of hydrogen-bond acceptors (Lipinski definition) is 2. The Morgan fingerprint density at radius 2 is 1.54 bits per heavy atom. The first-order chi connectivity index (χ1) is 12.5. The van der Waals surface area contributed by atoms with Crippen molar-refractivity contribution in [1.29, 1.82) is 0 Å². The minimum atomic E-state index is -4.34. The molecule has 0 saturated heterocycles.